The highest BCUT2D eigenvalue weighted by atomic mass is 35.5. The first-order valence-corrected chi connectivity index (χ1v) is 6.54. The third kappa shape index (κ3) is 2.89. The van der Waals surface area contributed by atoms with Crippen LogP contribution in [0.4, 0.5) is 0 Å². The van der Waals surface area contributed by atoms with Crippen LogP contribution in [0, 0.1) is 0 Å². The molecule has 2 aromatic carbocycles. The maximum atomic E-state index is 12.5. The molecule has 0 aliphatic heterocycles. The van der Waals surface area contributed by atoms with Crippen LogP contribution < -0.4 is 9.47 Å². The molecule has 0 heterocycles. The molecule has 0 spiro atoms. The Morgan fingerprint density at radius 2 is 1.45 bits per heavy atom. The normalized spacial score (nSPS) is 10.2. The van der Waals surface area contributed by atoms with Gasteiger partial charge in [0.2, 0.25) is 0 Å². The second-order valence-electron chi connectivity index (χ2n) is 4.03. The van der Waals surface area contributed by atoms with Crippen LogP contribution in [-0.2, 0) is 0 Å². The van der Waals surface area contributed by atoms with Crippen molar-refractivity contribution in [2.75, 3.05) is 14.2 Å². The number of ketones is 1. The van der Waals surface area contributed by atoms with Crippen LogP contribution in [0.1, 0.15) is 15.9 Å². The number of carbonyl (C=O) groups is 1. The first-order chi connectivity index (χ1) is 9.56. The van der Waals surface area contributed by atoms with Gasteiger partial charge >= 0.3 is 0 Å². The fraction of sp³-hybridized carbons (Fsp3) is 0.133. The number of halogens is 2. The SMILES string of the molecule is COc1cc(OC)cc(C(=O)c2c(Cl)cccc2Cl)c1. The van der Waals surface area contributed by atoms with Crippen molar-refractivity contribution in [1.29, 1.82) is 0 Å². The molecule has 0 radical (unpaired) electrons. The fourth-order valence-corrected chi connectivity index (χ4v) is 2.37. The summed E-state index contributed by atoms with van der Waals surface area (Å²) >= 11 is 12.1. The van der Waals surface area contributed by atoms with Crippen LogP contribution in [0.15, 0.2) is 36.4 Å². The molecular formula is C15H12Cl2O3. The Balaban J connectivity index is 2.53. The topological polar surface area (TPSA) is 35.5 Å². The van der Waals surface area contributed by atoms with Gasteiger partial charge in [-0.3, -0.25) is 4.79 Å². The molecule has 0 atom stereocenters. The summed E-state index contributed by atoms with van der Waals surface area (Å²) in [6.45, 7) is 0. The molecular weight excluding hydrogens is 299 g/mol. The fourth-order valence-electron chi connectivity index (χ4n) is 1.80. The van der Waals surface area contributed by atoms with Crippen molar-refractivity contribution >= 4 is 29.0 Å². The lowest BCUT2D eigenvalue weighted by molar-refractivity contribution is 0.103. The van der Waals surface area contributed by atoms with Gasteiger partial charge in [-0.25, -0.2) is 0 Å². The Morgan fingerprint density at radius 1 is 0.950 bits per heavy atom. The summed E-state index contributed by atoms with van der Waals surface area (Å²) < 4.78 is 10.3. The lowest BCUT2D eigenvalue weighted by Crippen LogP contribution is -2.04. The second-order valence-corrected chi connectivity index (χ2v) is 4.84. The molecule has 0 saturated carbocycles. The monoisotopic (exact) mass is 310 g/mol. The molecule has 5 heteroatoms. The van der Waals surface area contributed by atoms with Crippen molar-refractivity contribution in [3.8, 4) is 11.5 Å². The van der Waals surface area contributed by atoms with E-state index in [1.807, 2.05) is 0 Å². The number of rotatable bonds is 4. The van der Waals surface area contributed by atoms with Crippen molar-refractivity contribution in [3.63, 3.8) is 0 Å². The van der Waals surface area contributed by atoms with E-state index in [-0.39, 0.29) is 11.3 Å². The number of hydrogen-bond acceptors (Lipinski definition) is 3. The van der Waals surface area contributed by atoms with Crippen molar-refractivity contribution in [1.82, 2.24) is 0 Å². The summed E-state index contributed by atoms with van der Waals surface area (Å²) in [6, 6.07) is 9.85. The Kier molecular flexibility index (Phi) is 4.53. The zero-order valence-electron chi connectivity index (χ0n) is 10.9. The summed E-state index contributed by atoms with van der Waals surface area (Å²) in [7, 11) is 3.04. The van der Waals surface area contributed by atoms with E-state index in [4.69, 9.17) is 32.7 Å². The van der Waals surface area contributed by atoms with E-state index >= 15 is 0 Å². The lowest BCUT2D eigenvalue weighted by Gasteiger charge is -2.09. The summed E-state index contributed by atoms with van der Waals surface area (Å²) in [5.74, 6) is 0.768. The first kappa shape index (κ1) is 14.7. The van der Waals surface area contributed by atoms with Gasteiger partial charge in [-0.2, -0.15) is 0 Å². The van der Waals surface area contributed by atoms with Crippen LogP contribution in [0.5, 0.6) is 11.5 Å². The van der Waals surface area contributed by atoms with Gasteiger partial charge in [0, 0.05) is 11.6 Å². The highest BCUT2D eigenvalue weighted by Crippen LogP contribution is 2.30. The molecule has 0 bridgehead atoms. The summed E-state index contributed by atoms with van der Waals surface area (Å²) in [4.78, 5) is 12.5. The number of hydrogen-bond donors (Lipinski definition) is 0. The Labute approximate surface area is 127 Å². The van der Waals surface area contributed by atoms with Gasteiger partial charge in [0.1, 0.15) is 11.5 Å². The molecule has 0 unspecified atom stereocenters. The van der Waals surface area contributed by atoms with Gasteiger partial charge in [0.15, 0.2) is 5.78 Å². The van der Waals surface area contributed by atoms with Crippen molar-refractivity contribution in [2.45, 2.75) is 0 Å². The molecule has 0 aromatic heterocycles. The molecule has 0 fully saturated rings. The Morgan fingerprint density at radius 3 is 1.90 bits per heavy atom. The summed E-state index contributed by atoms with van der Waals surface area (Å²) in [6.07, 6.45) is 0. The molecule has 3 nitrogen and oxygen atoms in total. The van der Waals surface area contributed by atoms with E-state index in [0.717, 1.165) is 0 Å². The number of methoxy groups -OCH3 is 2. The molecule has 0 amide bonds. The maximum absolute atomic E-state index is 12.5. The molecule has 2 aromatic rings. The van der Waals surface area contributed by atoms with Gasteiger partial charge in [0.05, 0.1) is 29.8 Å². The minimum absolute atomic E-state index is 0.270. The Hall–Kier alpha value is -1.71. The second kappa shape index (κ2) is 6.16. The van der Waals surface area contributed by atoms with E-state index < -0.39 is 0 Å². The minimum atomic E-state index is -0.280. The third-order valence-electron chi connectivity index (χ3n) is 2.80. The zero-order chi connectivity index (χ0) is 14.7. The van der Waals surface area contributed by atoms with Crippen LogP contribution in [-0.4, -0.2) is 20.0 Å². The molecule has 104 valence electrons. The predicted molar refractivity (Wildman–Crippen MR) is 79.4 cm³/mol. The number of benzene rings is 2. The average Bonchev–Trinajstić information content (AvgIpc) is 2.46. The largest absolute Gasteiger partial charge is 0.497 e. The average molecular weight is 311 g/mol. The van der Waals surface area contributed by atoms with E-state index in [1.54, 1.807) is 36.4 Å². The highest BCUT2D eigenvalue weighted by Gasteiger charge is 2.18. The minimum Gasteiger partial charge on any atom is -0.497 e. The molecule has 0 N–H and O–H groups in total. The van der Waals surface area contributed by atoms with Crippen LogP contribution in [0.2, 0.25) is 10.0 Å². The third-order valence-corrected chi connectivity index (χ3v) is 3.43. The van der Waals surface area contributed by atoms with Crippen LogP contribution in [0.25, 0.3) is 0 Å². The molecule has 0 aliphatic rings. The lowest BCUT2D eigenvalue weighted by atomic mass is 10.0. The van der Waals surface area contributed by atoms with Gasteiger partial charge in [-0.05, 0) is 24.3 Å². The summed E-state index contributed by atoms with van der Waals surface area (Å²) in [5, 5.41) is 0.619. The van der Waals surface area contributed by atoms with Crippen LogP contribution in [0.3, 0.4) is 0 Å². The predicted octanol–water partition coefficient (Wildman–Crippen LogP) is 4.24. The zero-order valence-corrected chi connectivity index (χ0v) is 12.5. The van der Waals surface area contributed by atoms with Crippen molar-refractivity contribution in [2.24, 2.45) is 0 Å². The maximum Gasteiger partial charge on any atom is 0.196 e. The van der Waals surface area contributed by atoms with Gasteiger partial charge in [-0.15, -0.1) is 0 Å². The molecule has 2 rings (SSSR count). The number of carbonyl (C=O) groups excluding carboxylic acids is 1. The van der Waals surface area contributed by atoms with E-state index in [2.05, 4.69) is 0 Å². The molecule has 0 saturated heterocycles. The van der Waals surface area contributed by atoms with Crippen molar-refractivity contribution < 1.29 is 14.3 Å². The van der Waals surface area contributed by atoms with Gasteiger partial charge < -0.3 is 9.47 Å². The Bertz CT molecular complexity index is 611. The molecule has 20 heavy (non-hydrogen) atoms. The first-order valence-electron chi connectivity index (χ1n) is 5.78. The standard InChI is InChI=1S/C15H12Cl2O3/c1-19-10-6-9(7-11(8-10)20-2)15(18)14-12(16)4-3-5-13(14)17/h3-8H,1-2H3. The molecule has 0 aliphatic carbocycles. The number of ether oxygens (including phenoxy) is 2. The van der Waals surface area contributed by atoms with Gasteiger partial charge in [0.25, 0.3) is 0 Å². The quantitative estimate of drug-likeness (QED) is 0.792. The van der Waals surface area contributed by atoms with Gasteiger partial charge in [-0.1, -0.05) is 29.3 Å². The van der Waals surface area contributed by atoms with E-state index in [1.165, 1.54) is 14.2 Å². The van der Waals surface area contributed by atoms with Crippen molar-refractivity contribution in [3.05, 3.63) is 57.6 Å². The highest BCUT2D eigenvalue weighted by molar-refractivity contribution is 6.41. The smallest absolute Gasteiger partial charge is 0.196 e. The van der Waals surface area contributed by atoms with Crippen LogP contribution >= 0.6 is 23.2 Å². The summed E-state index contributed by atoms with van der Waals surface area (Å²) in [5.41, 5.74) is 0.669. The van der Waals surface area contributed by atoms with E-state index in [0.29, 0.717) is 27.1 Å². The van der Waals surface area contributed by atoms with E-state index in [9.17, 15) is 4.79 Å².